The number of aryl methyl sites for hydroxylation is 6. The number of halogens is 32. The van der Waals surface area contributed by atoms with Crippen LogP contribution in [-0.2, 0) is 25.4 Å². The van der Waals surface area contributed by atoms with E-state index in [1.807, 2.05) is 31.2 Å². The zero-order valence-electron chi connectivity index (χ0n) is 58.7. The number of hydrogen-bond donors (Lipinski definition) is 0. The van der Waals surface area contributed by atoms with Crippen molar-refractivity contribution in [2.45, 2.75) is 184 Å². The maximum absolute atomic E-state index is 12.7. The molecule has 7 aromatic carbocycles. The van der Waals surface area contributed by atoms with Gasteiger partial charge in [-0.1, -0.05) is 126 Å². The second kappa shape index (κ2) is 47.2. The van der Waals surface area contributed by atoms with Gasteiger partial charge in [0.1, 0.15) is 11.4 Å². The summed E-state index contributed by atoms with van der Waals surface area (Å²) in [6.07, 6.45) is -14.3. The van der Waals surface area contributed by atoms with E-state index in [1.54, 1.807) is 6.92 Å². The molecule has 598 valence electrons. The molecule has 0 aliphatic heterocycles. The molecule has 0 unspecified atom stereocenters. The van der Waals surface area contributed by atoms with Crippen LogP contribution in [0.5, 0.6) is 0 Å². The molecule has 0 N–H and O–H groups in total. The van der Waals surface area contributed by atoms with Gasteiger partial charge in [-0.3, -0.25) is 0 Å². The lowest BCUT2D eigenvalue weighted by Crippen LogP contribution is -2.27. The summed E-state index contributed by atoms with van der Waals surface area (Å²) < 4.78 is 382. The number of rotatable bonds is 4. The topological polar surface area (TPSA) is 0 Å². The smallest absolute Gasteiger partial charge is 0.207 e. The molecule has 0 bridgehead atoms. The van der Waals surface area contributed by atoms with Crippen LogP contribution in [0.4, 0.5) is 140 Å². The highest BCUT2D eigenvalue weighted by atomic mass is 19.4. The molecule has 0 nitrogen and oxygen atoms in total. The van der Waals surface area contributed by atoms with Crippen LogP contribution in [0.3, 0.4) is 0 Å². The molecule has 0 saturated heterocycles. The van der Waals surface area contributed by atoms with Gasteiger partial charge >= 0.3 is 30.9 Å². The van der Waals surface area contributed by atoms with Crippen LogP contribution in [0.15, 0.2) is 103 Å². The van der Waals surface area contributed by atoms with Gasteiger partial charge in [0.15, 0.2) is 93.1 Å². The predicted octanol–water partition coefficient (Wildman–Crippen LogP) is 28.4. The zero-order valence-corrected chi connectivity index (χ0v) is 58.7. The molecule has 0 radical (unpaired) electrons. The molecule has 0 spiro atoms. The van der Waals surface area contributed by atoms with Gasteiger partial charge in [-0.25, -0.2) is 74.6 Å². The summed E-state index contributed by atoms with van der Waals surface area (Å²) >= 11 is 0. The Morgan fingerprint density at radius 2 is 0.689 bits per heavy atom. The summed E-state index contributed by atoms with van der Waals surface area (Å²) in [4.78, 5) is 0. The van der Waals surface area contributed by atoms with Crippen molar-refractivity contribution >= 4 is 0 Å². The molecule has 7 aromatic rings. The summed E-state index contributed by atoms with van der Waals surface area (Å²) in [6.45, 7) is 15.4. The van der Waals surface area contributed by atoms with Crippen molar-refractivity contribution in [3.63, 3.8) is 0 Å². The Hall–Kier alpha value is -7.70. The molecular weight excluding hydrogens is 1500 g/mol. The minimum Gasteiger partial charge on any atom is -0.207 e. The SMILES string of the molecule is CC(F)(F)F.CC(F)(F)F.CC1CCC(C(F)(F)F)CC1.CCC1CCC(C(F)(F)F)CC1.CCc1cc(F)c(F)c(F)c1F.CCc1cc(F)c(F)cc1F.CCc1ccccc1.Cc1c(F)c(F)c(C(F)(F)F)c(F)c1F.Cc1cc(F)c(F)c(F)c1.Cc1ccc(F)c(F)c1F.Cc1ccccc1. The van der Waals surface area contributed by atoms with Gasteiger partial charge in [0, 0.05) is 25.5 Å². The maximum atomic E-state index is 12.7. The van der Waals surface area contributed by atoms with Crippen molar-refractivity contribution in [2.24, 2.45) is 23.7 Å². The van der Waals surface area contributed by atoms with Crippen molar-refractivity contribution < 1.29 is 140 Å². The van der Waals surface area contributed by atoms with E-state index in [-0.39, 0.29) is 37.0 Å². The highest BCUT2D eigenvalue weighted by molar-refractivity contribution is 5.31. The normalized spacial score (nSPS) is 15.3. The molecule has 0 aromatic heterocycles. The molecule has 0 heterocycles. The molecule has 106 heavy (non-hydrogen) atoms. The highest BCUT2D eigenvalue weighted by Crippen LogP contribution is 2.41. The summed E-state index contributed by atoms with van der Waals surface area (Å²) in [7, 11) is 0. The lowest BCUT2D eigenvalue weighted by atomic mass is 9.80. The van der Waals surface area contributed by atoms with Gasteiger partial charge in [-0.15, -0.1) is 0 Å². The van der Waals surface area contributed by atoms with Crippen LogP contribution in [0.2, 0.25) is 0 Å². The van der Waals surface area contributed by atoms with Crippen molar-refractivity contribution in [2.75, 3.05) is 0 Å². The standard InChI is InChI=1S/C9H15F3.C8H3F7.C8H6F4.C8H13F3.C8H7F3.C8H10.2C7H5F3.C7H8.2C2H3F3/c1-2-7-3-5-8(6-4-7)9(10,11)12;1-2-4(9)6(11)3(8(13,14)15)7(12)5(2)10;1-2-4-3-5(9)7(11)8(12)6(4)10;1-6-2-4-7(5-3-6)8(9,10)11;1-2-5-3-7(10)8(11)4-6(5)9;1-2-8-6-4-3-5-7-8;1-4-2-5(8)7(10)6(9)3-4;1-4-2-3-5(8)7(10)6(4)9;1-7-5-3-2-4-6-7;2*1-2(3,4)5/h7-8H,2-6H2,1H3;1H3;3H,2H2,1H3;6-7H,2-5H2,1H3;3-4H,2H2,1H3;3-7H,2H2,1H3;2*2-3H,1H3;2-6H,1H3;2*1H3. The Balaban J connectivity index is 0. The second-order valence-corrected chi connectivity index (χ2v) is 23.5. The van der Waals surface area contributed by atoms with Gasteiger partial charge < -0.3 is 0 Å². The van der Waals surface area contributed by atoms with Gasteiger partial charge in [0.05, 0.1) is 11.8 Å². The lowest BCUT2D eigenvalue weighted by Gasteiger charge is -2.29. The third-order valence-electron chi connectivity index (χ3n) is 14.7. The minimum absolute atomic E-state index is 0.110. The van der Waals surface area contributed by atoms with Gasteiger partial charge in [-0.2, -0.15) is 65.9 Å². The van der Waals surface area contributed by atoms with Crippen molar-refractivity contribution in [3.8, 4) is 0 Å². The van der Waals surface area contributed by atoms with E-state index >= 15 is 0 Å². The van der Waals surface area contributed by atoms with Crippen LogP contribution in [0, 0.1) is 150 Å². The Kier molecular flexibility index (Phi) is 44.7. The molecule has 9 rings (SSSR count). The molecule has 2 saturated carbocycles. The predicted molar refractivity (Wildman–Crippen MR) is 339 cm³/mol. The number of alkyl halides is 15. The maximum Gasteiger partial charge on any atom is 0.422 e. The summed E-state index contributed by atoms with van der Waals surface area (Å²) in [6, 6.07) is 26.8. The number of hydrogen-bond acceptors (Lipinski definition) is 0. The molecule has 2 fully saturated rings. The monoisotopic (exact) mass is 1570 g/mol. The average Bonchev–Trinajstić information content (AvgIpc) is 0.775. The Morgan fingerprint density at radius 3 is 1.03 bits per heavy atom. The van der Waals surface area contributed by atoms with Gasteiger partial charge in [0.25, 0.3) is 0 Å². The van der Waals surface area contributed by atoms with Crippen LogP contribution < -0.4 is 0 Å². The van der Waals surface area contributed by atoms with Crippen LogP contribution in [0.1, 0.15) is 151 Å². The first-order valence-electron chi connectivity index (χ1n) is 31.9. The Morgan fingerprint density at radius 1 is 0.321 bits per heavy atom. The molecule has 0 atom stereocenters. The first-order chi connectivity index (χ1) is 48.5. The van der Waals surface area contributed by atoms with E-state index in [0.717, 1.165) is 62.8 Å². The van der Waals surface area contributed by atoms with E-state index in [4.69, 9.17) is 0 Å². The summed E-state index contributed by atoms with van der Waals surface area (Å²) in [5.74, 6) is -26.3. The zero-order chi connectivity index (χ0) is 82.7. The van der Waals surface area contributed by atoms with E-state index in [0.29, 0.717) is 68.6 Å². The minimum atomic E-state index is -5.48. The van der Waals surface area contributed by atoms with Crippen molar-refractivity contribution in [3.05, 3.63) is 247 Å². The molecule has 32 heteroatoms. The fraction of sp³-hybridized carbons (Fsp3) is 0.432. The third kappa shape index (κ3) is 40.3. The van der Waals surface area contributed by atoms with E-state index in [9.17, 15) is 140 Å². The van der Waals surface area contributed by atoms with Crippen LogP contribution in [0.25, 0.3) is 0 Å². The van der Waals surface area contributed by atoms with E-state index < -0.39 is 153 Å². The van der Waals surface area contributed by atoms with Crippen LogP contribution >= 0.6 is 0 Å². The lowest BCUT2D eigenvalue weighted by molar-refractivity contribution is -0.184. The third-order valence-corrected chi connectivity index (χ3v) is 14.7. The Bertz CT molecular complexity index is 3550. The first kappa shape index (κ1) is 100. The van der Waals surface area contributed by atoms with E-state index in [2.05, 4.69) is 57.2 Å². The van der Waals surface area contributed by atoms with Gasteiger partial charge in [-0.05, 0) is 155 Å². The summed E-state index contributed by atoms with van der Waals surface area (Å²) in [5, 5.41) is 0. The molecular formula is C74H78F32. The largest absolute Gasteiger partial charge is 0.422 e. The fourth-order valence-electron chi connectivity index (χ4n) is 8.74. The molecule has 2 aliphatic rings. The van der Waals surface area contributed by atoms with E-state index in [1.165, 1.54) is 38.0 Å². The molecule has 0 amide bonds. The molecule has 2 aliphatic carbocycles. The number of benzene rings is 7. The average molecular weight is 1580 g/mol. The van der Waals surface area contributed by atoms with Crippen molar-refractivity contribution in [1.29, 1.82) is 0 Å². The first-order valence-corrected chi connectivity index (χ1v) is 31.9. The fourth-order valence-corrected chi connectivity index (χ4v) is 8.74. The second-order valence-electron chi connectivity index (χ2n) is 23.5. The quantitative estimate of drug-likeness (QED) is 0.0936. The van der Waals surface area contributed by atoms with Gasteiger partial charge in [0.2, 0.25) is 0 Å². The summed E-state index contributed by atoms with van der Waals surface area (Å²) in [5.41, 5.74) is -0.429. The van der Waals surface area contributed by atoms with Crippen LogP contribution in [-0.4, -0.2) is 24.7 Å². The highest BCUT2D eigenvalue weighted by Gasteiger charge is 2.43. The van der Waals surface area contributed by atoms with Crippen molar-refractivity contribution in [1.82, 2.24) is 0 Å². The Labute approximate surface area is 593 Å².